The third-order valence-corrected chi connectivity index (χ3v) is 4.71. The van der Waals surface area contributed by atoms with Gasteiger partial charge in [0.25, 0.3) is 0 Å². The number of rotatable bonds is 4. The van der Waals surface area contributed by atoms with Crippen LogP contribution in [0.15, 0.2) is 28.1 Å². The van der Waals surface area contributed by atoms with Gasteiger partial charge in [0.05, 0.1) is 15.6 Å². The number of hydrogen-bond donors (Lipinski definition) is 2. The van der Waals surface area contributed by atoms with Gasteiger partial charge in [0.15, 0.2) is 0 Å². The Labute approximate surface area is 135 Å². The van der Waals surface area contributed by atoms with Gasteiger partial charge in [-0.25, -0.2) is 4.98 Å². The molecule has 7 heteroatoms. The van der Waals surface area contributed by atoms with Gasteiger partial charge in [0.2, 0.25) is 5.95 Å². The van der Waals surface area contributed by atoms with E-state index in [2.05, 4.69) is 51.6 Å². The number of anilines is 2. The molecule has 0 radical (unpaired) electrons. The maximum Gasteiger partial charge on any atom is 0.221 e. The summed E-state index contributed by atoms with van der Waals surface area (Å²) < 4.78 is 6.40. The maximum absolute atomic E-state index is 5.88. The van der Waals surface area contributed by atoms with Crippen molar-refractivity contribution in [3.05, 3.63) is 27.5 Å². The molecule has 0 saturated carbocycles. The van der Waals surface area contributed by atoms with Crippen molar-refractivity contribution < 1.29 is 4.74 Å². The average molecular weight is 402 g/mol. The van der Waals surface area contributed by atoms with Gasteiger partial charge >= 0.3 is 0 Å². The van der Waals surface area contributed by atoms with Gasteiger partial charge in [-0.05, 0) is 46.7 Å². The summed E-state index contributed by atoms with van der Waals surface area (Å²) in [6, 6.07) is 4.14. The van der Waals surface area contributed by atoms with Gasteiger partial charge in [-0.15, -0.1) is 0 Å². The first-order valence-corrected chi connectivity index (χ1v) is 7.87. The number of halogens is 1. The molecule has 2 rings (SSSR count). The van der Waals surface area contributed by atoms with Crippen molar-refractivity contribution in [3.8, 4) is 5.75 Å². The van der Waals surface area contributed by atoms with Crippen LogP contribution in [0.5, 0.6) is 5.75 Å². The summed E-state index contributed by atoms with van der Waals surface area (Å²) in [4.78, 5) is 9.89. The van der Waals surface area contributed by atoms with Gasteiger partial charge < -0.3 is 16.2 Å². The molecule has 0 unspecified atom stereocenters. The average Bonchev–Trinajstić information content (AvgIpc) is 2.42. The Bertz CT molecular complexity index is 636. The van der Waals surface area contributed by atoms with Crippen molar-refractivity contribution in [2.75, 3.05) is 18.6 Å². The zero-order valence-corrected chi connectivity index (χ0v) is 14.2. The largest absolute Gasteiger partial charge is 0.496 e. The van der Waals surface area contributed by atoms with Crippen LogP contribution in [-0.2, 0) is 6.42 Å². The zero-order valence-electron chi connectivity index (χ0n) is 11.2. The third-order valence-electron chi connectivity index (χ3n) is 2.74. The number of aromatic nitrogens is 2. The Kier molecular flexibility index (Phi) is 4.92. The molecule has 1 aromatic carbocycles. The van der Waals surface area contributed by atoms with E-state index < -0.39 is 0 Å². The van der Waals surface area contributed by atoms with E-state index >= 15 is 0 Å². The molecule has 0 saturated heterocycles. The lowest BCUT2D eigenvalue weighted by molar-refractivity contribution is 0.411. The van der Waals surface area contributed by atoms with Crippen LogP contribution in [0.3, 0.4) is 0 Å². The molecule has 0 spiro atoms. The van der Waals surface area contributed by atoms with Crippen LogP contribution < -0.4 is 16.2 Å². The lowest BCUT2D eigenvalue weighted by Crippen LogP contribution is -2.00. The minimum Gasteiger partial charge on any atom is -0.496 e. The molecule has 0 aliphatic rings. The first-order chi connectivity index (χ1) is 9.55. The Balaban J connectivity index is 2.40. The molecule has 1 heterocycles. The molecule has 0 amide bonds. The second kappa shape index (κ2) is 6.49. The summed E-state index contributed by atoms with van der Waals surface area (Å²) >= 11 is 3.80. The van der Waals surface area contributed by atoms with E-state index in [1.165, 1.54) is 5.56 Å². The fourth-order valence-corrected chi connectivity index (χ4v) is 3.60. The van der Waals surface area contributed by atoms with Crippen LogP contribution in [0.4, 0.5) is 11.8 Å². The quantitative estimate of drug-likeness (QED) is 0.765. The summed E-state index contributed by atoms with van der Waals surface area (Å²) in [5.74, 6) is 1.47. The molecule has 106 valence electrons. The fourth-order valence-electron chi connectivity index (χ4n) is 1.70. The molecule has 4 N–H and O–H groups in total. The van der Waals surface area contributed by atoms with Crippen LogP contribution in [0.1, 0.15) is 12.5 Å². The minimum absolute atomic E-state index is 0.187. The molecule has 20 heavy (non-hydrogen) atoms. The number of ether oxygens (including phenoxy) is 1. The number of methoxy groups -OCH3 is 1. The number of nitrogens with two attached hydrogens (primary N) is 2. The highest BCUT2D eigenvalue weighted by Gasteiger charge is 2.11. The molecule has 5 nitrogen and oxygen atoms in total. The summed E-state index contributed by atoms with van der Waals surface area (Å²) in [6.07, 6.45) is 2.56. The molecule has 0 aliphatic heterocycles. The van der Waals surface area contributed by atoms with Gasteiger partial charge in [-0.3, -0.25) is 0 Å². The zero-order chi connectivity index (χ0) is 14.7. The minimum atomic E-state index is 0.187. The van der Waals surface area contributed by atoms with E-state index in [-0.39, 0.29) is 5.95 Å². The molecule has 0 atom stereocenters. The Morgan fingerprint density at radius 2 is 2.05 bits per heavy atom. The highest BCUT2D eigenvalue weighted by molar-refractivity contribution is 14.1. The van der Waals surface area contributed by atoms with Crippen molar-refractivity contribution in [1.82, 2.24) is 9.97 Å². The van der Waals surface area contributed by atoms with Crippen LogP contribution >= 0.6 is 34.4 Å². The predicted octanol–water partition coefficient (Wildman–Crippen LogP) is 2.97. The van der Waals surface area contributed by atoms with Crippen molar-refractivity contribution in [2.45, 2.75) is 23.1 Å². The lowest BCUT2D eigenvalue weighted by Gasteiger charge is -2.12. The second-order valence-corrected chi connectivity index (χ2v) is 6.27. The number of benzene rings is 1. The standard InChI is InChI=1S/C13H15IN4OS/c1-3-7-4-9(19-2)8(14)5-10(7)20-11-6-17-13(16)18-12(11)15/h4-6H,3H2,1-2H3,(H4,15,16,17,18). The van der Waals surface area contributed by atoms with Gasteiger partial charge in [0, 0.05) is 11.1 Å². The molecular formula is C13H15IN4OS. The summed E-state index contributed by atoms with van der Waals surface area (Å²) in [5, 5.41) is 0. The molecule has 0 aliphatic carbocycles. The highest BCUT2D eigenvalue weighted by atomic mass is 127. The number of nitrogens with zero attached hydrogens (tertiary/aromatic N) is 2. The fraction of sp³-hybridized carbons (Fsp3) is 0.231. The topological polar surface area (TPSA) is 87.0 Å². The molecule has 0 fully saturated rings. The summed E-state index contributed by atoms with van der Waals surface area (Å²) in [6.45, 7) is 2.11. The van der Waals surface area contributed by atoms with Crippen LogP contribution in [0, 0.1) is 3.57 Å². The van der Waals surface area contributed by atoms with E-state index in [1.807, 2.05) is 0 Å². The number of hydrogen-bond acceptors (Lipinski definition) is 6. The van der Waals surface area contributed by atoms with E-state index in [4.69, 9.17) is 16.2 Å². The summed E-state index contributed by atoms with van der Waals surface area (Å²) in [7, 11) is 1.68. The number of nitrogen functional groups attached to an aromatic ring is 2. The predicted molar refractivity (Wildman–Crippen MR) is 90.1 cm³/mol. The Morgan fingerprint density at radius 1 is 1.30 bits per heavy atom. The third kappa shape index (κ3) is 3.26. The van der Waals surface area contributed by atoms with Crippen molar-refractivity contribution in [3.63, 3.8) is 0 Å². The smallest absolute Gasteiger partial charge is 0.221 e. The normalized spacial score (nSPS) is 10.6. The second-order valence-electron chi connectivity index (χ2n) is 4.03. The Hall–Kier alpha value is -1.22. The monoisotopic (exact) mass is 402 g/mol. The van der Waals surface area contributed by atoms with Gasteiger partial charge in [-0.1, -0.05) is 18.7 Å². The molecule has 1 aromatic heterocycles. The van der Waals surface area contributed by atoms with Crippen molar-refractivity contribution >= 4 is 46.1 Å². The first-order valence-electron chi connectivity index (χ1n) is 5.97. The van der Waals surface area contributed by atoms with Crippen molar-refractivity contribution in [2.24, 2.45) is 0 Å². The molecule has 2 aromatic rings. The molecule has 0 bridgehead atoms. The van der Waals surface area contributed by atoms with Crippen LogP contribution in [0.2, 0.25) is 0 Å². The van der Waals surface area contributed by atoms with E-state index in [0.29, 0.717) is 5.82 Å². The first kappa shape index (κ1) is 15.2. The summed E-state index contributed by atoms with van der Waals surface area (Å²) in [5.41, 5.74) is 12.6. The van der Waals surface area contributed by atoms with E-state index in [9.17, 15) is 0 Å². The lowest BCUT2D eigenvalue weighted by atomic mass is 10.1. The van der Waals surface area contributed by atoms with Crippen LogP contribution in [0.25, 0.3) is 0 Å². The van der Waals surface area contributed by atoms with E-state index in [0.717, 1.165) is 25.5 Å². The van der Waals surface area contributed by atoms with Gasteiger partial charge in [-0.2, -0.15) is 4.98 Å². The van der Waals surface area contributed by atoms with Crippen LogP contribution in [-0.4, -0.2) is 17.1 Å². The maximum atomic E-state index is 5.88. The Morgan fingerprint density at radius 3 is 2.65 bits per heavy atom. The van der Waals surface area contributed by atoms with Crippen molar-refractivity contribution in [1.29, 1.82) is 0 Å². The van der Waals surface area contributed by atoms with E-state index in [1.54, 1.807) is 25.1 Å². The highest BCUT2D eigenvalue weighted by Crippen LogP contribution is 2.37. The van der Waals surface area contributed by atoms with Gasteiger partial charge in [0.1, 0.15) is 11.6 Å². The molecular weight excluding hydrogens is 387 g/mol. The SMILES string of the molecule is CCc1cc(OC)c(I)cc1Sc1cnc(N)nc1N. The number of aryl methyl sites for hydroxylation is 1.